The number of ether oxygens (including phenoxy) is 2. The second-order valence-electron chi connectivity index (χ2n) is 4.80. The maximum absolute atomic E-state index is 5.96. The van der Waals surface area contributed by atoms with Crippen molar-refractivity contribution in [1.82, 2.24) is 0 Å². The summed E-state index contributed by atoms with van der Waals surface area (Å²) in [6.45, 7) is 1.15. The van der Waals surface area contributed by atoms with E-state index in [2.05, 4.69) is 0 Å². The summed E-state index contributed by atoms with van der Waals surface area (Å²) >= 11 is 5.96. The van der Waals surface area contributed by atoms with Crippen molar-refractivity contribution < 1.29 is 9.47 Å². The van der Waals surface area contributed by atoms with Crippen molar-refractivity contribution in [1.29, 1.82) is 0 Å². The second-order valence-corrected chi connectivity index (χ2v) is 5.23. The molecule has 0 amide bonds. The lowest BCUT2D eigenvalue weighted by Gasteiger charge is -2.12. The molecule has 21 heavy (non-hydrogen) atoms. The number of aryl methyl sites for hydroxylation is 1. The number of halogens is 1. The zero-order valence-corrected chi connectivity index (χ0v) is 12.9. The van der Waals surface area contributed by atoms with E-state index in [0.29, 0.717) is 18.2 Å². The summed E-state index contributed by atoms with van der Waals surface area (Å²) in [5.74, 6) is 1.47. The van der Waals surface area contributed by atoms with E-state index in [1.165, 1.54) is 5.56 Å². The molecule has 0 heterocycles. The van der Waals surface area contributed by atoms with Crippen LogP contribution in [-0.4, -0.2) is 13.7 Å². The lowest BCUT2D eigenvalue weighted by molar-refractivity contribution is 0.284. The van der Waals surface area contributed by atoms with Crippen LogP contribution in [0.1, 0.15) is 17.5 Å². The van der Waals surface area contributed by atoms with Crippen molar-refractivity contribution in [2.24, 2.45) is 5.73 Å². The fourth-order valence-electron chi connectivity index (χ4n) is 2.08. The topological polar surface area (TPSA) is 44.5 Å². The third-order valence-electron chi connectivity index (χ3n) is 3.18. The number of nitrogens with two attached hydrogens (primary N) is 1. The third kappa shape index (κ3) is 4.66. The maximum atomic E-state index is 5.96. The number of rotatable bonds is 7. The largest absolute Gasteiger partial charge is 0.493 e. The minimum Gasteiger partial charge on any atom is -0.493 e. The number of hydrogen-bond acceptors (Lipinski definition) is 3. The van der Waals surface area contributed by atoms with Gasteiger partial charge in [-0.15, -0.1) is 0 Å². The molecule has 0 aromatic heterocycles. The van der Waals surface area contributed by atoms with Crippen molar-refractivity contribution >= 4 is 11.6 Å². The molecule has 0 unspecified atom stereocenters. The number of benzene rings is 2. The molecular formula is C17H20ClNO2. The average Bonchev–Trinajstić information content (AvgIpc) is 2.51. The predicted molar refractivity (Wildman–Crippen MR) is 86.2 cm³/mol. The van der Waals surface area contributed by atoms with Crippen LogP contribution in [0.4, 0.5) is 0 Å². The molecule has 0 aliphatic carbocycles. The van der Waals surface area contributed by atoms with Gasteiger partial charge >= 0.3 is 0 Å². The fraction of sp³-hybridized carbons (Fsp3) is 0.294. The molecule has 0 aliphatic rings. The molecule has 2 aromatic rings. The summed E-state index contributed by atoms with van der Waals surface area (Å²) in [6.07, 6.45) is 1.91. The Labute approximate surface area is 130 Å². The molecule has 2 N–H and O–H groups in total. The standard InChI is InChI=1S/C17H20ClNO2/c1-20-17-11-13(5-3-9-19)7-8-16(17)21-12-14-4-2-6-15(18)10-14/h2,4,6-8,10-11H,3,5,9,12,19H2,1H3. The molecule has 0 spiro atoms. The summed E-state index contributed by atoms with van der Waals surface area (Å²) in [6, 6.07) is 13.6. The van der Waals surface area contributed by atoms with E-state index in [-0.39, 0.29) is 0 Å². The molecule has 0 bridgehead atoms. The van der Waals surface area contributed by atoms with Gasteiger partial charge in [0.2, 0.25) is 0 Å². The number of methoxy groups -OCH3 is 1. The Morgan fingerprint density at radius 3 is 2.62 bits per heavy atom. The van der Waals surface area contributed by atoms with Crippen LogP contribution < -0.4 is 15.2 Å². The van der Waals surface area contributed by atoms with Crippen molar-refractivity contribution in [3.8, 4) is 11.5 Å². The normalized spacial score (nSPS) is 10.4. The lowest BCUT2D eigenvalue weighted by atomic mass is 10.1. The third-order valence-corrected chi connectivity index (χ3v) is 3.42. The Hall–Kier alpha value is -1.71. The van der Waals surface area contributed by atoms with Crippen LogP contribution in [0.2, 0.25) is 5.02 Å². The zero-order chi connectivity index (χ0) is 15.1. The highest BCUT2D eigenvalue weighted by atomic mass is 35.5. The number of hydrogen-bond donors (Lipinski definition) is 1. The van der Waals surface area contributed by atoms with E-state index in [9.17, 15) is 0 Å². The molecule has 2 aromatic carbocycles. The van der Waals surface area contributed by atoms with Gasteiger partial charge in [-0.1, -0.05) is 29.8 Å². The fourth-order valence-corrected chi connectivity index (χ4v) is 2.29. The highest BCUT2D eigenvalue weighted by Gasteiger charge is 2.06. The van der Waals surface area contributed by atoms with E-state index in [4.69, 9.17) is 26.8 Å². The Morgan fingerprint density at radius 1 is 1.05 bits per heavy atom. The highest BCUT2D eigenvalue weighted by Crippen LogP contribution is 2.29. The lowest BCUT2D eigenvalue weighted by Crippen LogP contribution is -2.01. The van der Waals surface area contributed by atoms with Crippen molar-refractivity contribution in [3.05, 3.63) is 58.6 Å². The van der Waals surface area contributed by atoms with Crippen molar-refractivity contribution in [2.75, 3.05) is 13.7 Å². The molecule has 0 fully saturated rings. The highest BCUT2D eigenvalue weighted by molar-refractivity contribution is 6.30. The Morgan fingerprint density at radius 2 is 1.90 bits per heavy atom. The Bertz CT molecular complexity index is 587. The molecule has 0 radical (unpaired) electrons. The second kappa shape index (κ2) is 7.91. The molecule has 0 saturated heterocycles. The molecule has 2 rings (SSSR count). The minimum atomic E-state index is 0.457. The van der Waals surface area contributed by atoms with Gasteiger partial charge in [0.15, 0.2) is 11.5 Å². The monoisotopic (exact) mass is 305 g/mol. The summed E-state index contributed by atoms with van der Waals surface area (Å²) in [7, 11) is 1.65. The molecule has 4 heteroatoms. The van der Waals surface area contributed by atoms with Crippen molar-refractivity contribution in [3.63, 3.8) is 0 Å². The van der Waals surface area contributed by atoms with Gasteiger partial charge in [0.05, 0.1) is 7.11 Å². The molecule has 0 aliphatic heterocycles. The van der Waals surface area contributed by atoms with Crippen LogP contribution in [0, 0.1) is 0 Å². The van der Waals surface area contributed by atoms with Gasteiger partial charge in [0.25, 0.3) is 0 Å². The Kier molecular flexibility index (Phi) is 5.90. The first-order valence-electron chi connectivity index (χ1n) is 6.97. The first-order valence-corrected chi connectivity index (χ1v) is 7.35. The van der Waals surface area contributed by atoms with Crippen LogP contribution in [-0.2, 0) is 13.0 Å². The maximum Gasteiger partial charge on any atom is 0.161 e. The van der Waals surface area contributed by atoms with Gasteiger partial charge in [-0.3, -0.25) is 0 Å². The van der Waals surface area contributed by atoms with Gasteiger partial charge in [-0.25, -0.2) is 0 Å². The van der Waals surface area contributed by atoms with Gasteiger partial charge in [0, 0.05) is 5.02 Å². The summed E-state index contributed by atoms with van der Waals surface area (Å²) in [5, 5.41) is 0.709. The average molecular weight is 306 g/mol. The van der Waals surface area contributed by atoms with Crippen molar-refractivity contribution in [2.45, 2.75) is 19.4 Å². The van der Waals surface area contributed by atoms with Crippen LogP contribution in [0.5, 0.6) is 11.5 Å². The summed E-state index contributed by atoms with van der Waals surface area (Å²) in [5.41, 5.74) is 7.76. The quantitative estimate of drug-likeness (QED) is 0.846. The molecule has 112 valence electrons. The molecule has 3 nitrogen and oxygen atoms in total. The van der Waals surface area contributed by atoms with Gasteiger partial charge in [-0.2, -0.15) is 0 Å². The van der Waals surface area contributed by atoms with E-state index in [1.807, 2.05) is 42.5 Å². The SMILES string of the molecule is COc1cc(CCCN)ccc1OCc1cccc(Cl)c1. The van der Waals surface area contributed by atoms with Crippen LogP contribution in [0.25, 0.3) is 0 Å². The van der Waals surface area contributed by atoms with Gasteiger partial charge < -0.3 is 15.2 Å². The smallest absolute Gasteiger partial charge is 0.161 e. The van der Waals surface area contributed by atoms with E-state index >= 15 is 0 Å². The van der Waals surface area contributed by atoms with Crippen LogP contribution in [0.3, 0.4) is 0 Å². The molecular weight excluding hydrogens is 286 g/mol. The first-order chi connectivity index (χ1) is 10.2. The summed E-state index contributed by atoms with van der Waals surface area (Å²) < 4.78 is 11.2. The zero-order valence-electron chi connectivity index (χ0n) is 12.1. The van der Waals surface area contributed by atoms with E-state index in [0.717, 1.165) is 29.9 Å². The predicted octanol–water partition coefficient (Wildman–Crippen LogP) is 3.82. The molecule has 0 saturated carbocycles. The van der Waals surface area contributed by atoms with Crippen LogP contribution >= 0.6 is 11.6 Å². The Balaban J connectivity index is 2.05. The summed E-state index contributed by atoms with van der Waals surface area (Å²) in [4.78, 5) is 0. The van der Waals surface area contributed by atoms with Crippen LogP contribution in [0.15, 0.2) is 42.5 Å². The van der Waals surface area contributed by atoms with Gasteiger partial charge in [-0.05, 0) is 54.8 Å². The van der Waals surface area contributed by atoms with E-state index in [1.54, 1.807) is 7.11 Å². The first kappa shape index (κ1) is 15.7. The molecule has 0 atom stereocenters. The minimum absolute atomic E-state index is 0.457. The van der Waals surface area contributed by atoms with E-state index < -0.39 is 0 Å². The van der Waals surface area contributed by atoms with Gasteiger partial charge in [0.1, 0.15) is 6.61 Å².